The van der Waals surface area contributed by atoms with Gasteiger partial charge >= 0.3 is 0 Å². The second-order valence-corrected chi connectivity index (χ2v) is 5.92. The van der Waals surface area contributed by atoms with E-state index < -0.39 is 0 Å². The summed E-state index contributed by atoms with van der Waals surface area (Å²) in [6.07, 6.45) is 11.5. The van der Waals surface area contributed by atoms with Gasteiger partial charge in [0.25, 0.3) is 0 Å². The van der Waals surface area contributed by atoms with Crippen molar-refractivity contribution in [1.82, 2.24) is 14.7 Å². The number of aryl methyl sites for hydroxylation is 1. The quantitative estimate of drug-likeness (QED) is 0.771. The molecule has 0 saturated heterocycles. The minimum Gasteiger partial charge on any atom is -0.345 e. The van der Waals surface area contributed by atoms with Crippen molar-refractivity contribution < 1.29 is 4.79 Å². The van der Waals surface area contributed by atoms with E-state index in [0.29, 0.717) is 17.7 Å². The highest BCUT2D eigenvalue weighted by Gasteiger charge is 2.40. The minimum absolute atomic E-state index is 0.230. The molecule has 4 heteroatoms. The summed E-state index contributed by atoms with van der Waals surface area (Å²) >= 11 is 0. The van der Waals surface area contributed by atoms with Crippen molar-refractivity contribution in [2.24, 2.45) is 24.8 Å². The number of rotatable bonds is 4. The second kappa shape index (κ2) is 4.83. The molecule has 1 heterocycles. The summed E-state index contributed by atoms with van der Waals surface area (Å²) < 4.78 is 1.80. The zero-order chi connectivity index (χ0) is 13.4. The Kier molecular flexibility index (Phi) is 3.17. The van der Waals surface area contributed by atoms with Gasteiger partial charge in [0.2, 0.25) is 5.91 Å². The van der Waals surface area contributed by atoms with Gasteiger partial charge < -0.3 is 4.90 Å². The molecule has 0 unspecified atom stereocenters. The maximum absolute atomic E-state index is 12.4. The van der Waals surface area contributed by atoms with E-state index in [1.165, 1.54) is 12.0 Å². The number of allylic oxidation sites excluding steroid dienone is 2. The lowest BCUT2D eigenvalue weighted by molar-refractivity contribution is -0.134. The fourth-order valence-electron chi connectivity index (χ4n) is 3.36. The lowest BCUT2D eigenvalue weighted by atomic mass is 9.92. The van der Waals surface area contributed by atoms with E-state index in [4.69, 9.17) is 0 Å². The maximum atomic E-state index is 12.4. The van der Waals surface area contributed by atoms with Gasteiger partial charge in [-0.15, -0.1) is 0 Å². The van der Waals surface area contributed by atoms with Crippen LogP contribution in [0, 0.1) is 17.8 Å². The first-order chi connectivity index (χ1) is 9.13. The summed E-state index contributed by atoms with van der Waals surface area (Å²) in [5.74, 6) is 1.71. The van der Waals surface area contributed by atoms with Crippen LogP contribution in [0.5, 0.6) is 0 Å². The lowest BCUT2D eigenvalue weighted by Gasteiger charge is -2.24. The lowest BCUT2D eigenvalue weighted by Crippen LogP contribution is -2.36. The zero-order valence-electron chi connectivity index (χ0n) is 11.6. The number of carbonyl (C=O) groups is 1. The highest BCUT2D eigenvalue weighted by molar-refractivity contribution is 5.79. The molecule has 3 atom stereocenters. The van der Waals surface area contributed by atoms with Gasteiger partial charge in [-0.05, 0) is 36.7 Å². The van der Waals surface area contributed by atoms with Crippen LogP contribution in [0.25, 0.3) is 0 Å². The summed E-state index contributed by atoms with van der Waals surface area (Å²) in [7, 11) is 3.84. The maximum Gasteiger partial charge on any atom is 0.226 e. The topological polar surface area (TPSA) is 38.1 Å². The molecule has 0 aliphatic heterocycles. The Morgan fingerprint density at radius 1 is 1.47 bits per heavy atom. The SMILES string of the molecule is CN(CCc1cnn(C)c1)C(=O)[C@@H]1C[C@@H]2C=C[C@H]1C2. The van der Waals surface area contributed by atoms with E-state index >= 15 is 0 Å². The second-order valence-electron chi connectivity index (χ2n) is 5.92. The van der Waals surface area contributed by atoms with E-state index in [-0.39, 0.29) is 5.92 Å². The van der Waals surface area contributed by atoms with Gasteiger partial charge in [-0.2, -0.15) is 5.10 Å². The molecule has 1 saturated carbocycles. The molecule has 4 nitrogen and oxygen atoms in total. The first kappa shape index (κ1) is 12.5. The average Bonchev–Trinajstić information content (AvgIpc) is 3.11. The molecule has 0 spiro atoms. The number of hydrogen-bond acceptors (Lipinski definition) is 2. The molecule has 1 fully saturated rings. The number of fused-ring (bicyclic) bond motifs is 2. The summed E-state index contributed by atoms with van der Waals surface area (Å²) in [6, 6.07) is 0. The molecule has 2 aliphatic carbocycles. The summed E-state index contributed by atoms with van der Waals surface area (Å²) in [5.41, 5.74) is 1.19. The molecule has 0 radical (unpaired) electrons. The Morgan fingerprint density at radius 2 is 2.32 bits per heavy atom. The molecule has 2 aliphatic rings. The van der Waals surface area contributed by atoms with Gasteiger partial charge in [0.1, 0.15) is 0 Å². The van der Waals surface area contributed by atoms with Crippen molar-refractivity contribution in [3.63, 3.8) is 0 Å². The van der Waals surface area contributed by atoms with Crippen molar-refractivity contribution in [2.45, 2.75) is 19.3 Å². The number of amides is 1. The predicted molar refractivity (Wildman–Crippen MR) is 73.4 cm³/mol. The van der Waals surface area contributed by atoms with Crippen LogP contribution < -0.4 is 0 Å². The van der Waals surface area contributed by atoms with Crippen LogP contribution >= 0.6 is 0 Å². The highest BCUT2D eigenvalue weighted by Crippen LogP contribution is 2.44. The van der Waals surface area contributed by atoms with E-state index in [0.717, 1.165) is 19.4 Å². The number of nitrogens with zero attached hydrogens (tertiary/aromatic N) is 3. The number of aromatic nitrogens is 2. The Balaban J connectivity index is 1.54. The van der Waals surface area contributed by atoms with Crippen molar-refractivity contribution >= 4 is 5.91 Å². The summed E-state index contributed by atoms with van der Waals surface area (Å²) in [6.45, 7) is 0.780. The molecule has 2 bridgehead atoms. The Hall–Kier alpha value is -1.58. The molecule has 1 aromatic rings. The van der Waals surface area contributed by atoms with Crippen LogP contribution in [0.1, 0.15) is 18.4 Å². The molecule has 1 amide bonds. The summed E-state index contributed by atoms with van der Waals surface area (Å²) in [4.78, 5) is 14.3. The van der Waals surface area contributed by atoms with Crippen molar-refractivity contribution in [3.05, 3.63) is 30.1 Å². The fourth-order valence-corrected chi connectivity index (χ4v) is 3.36. The van der Waals surface area contributed by atoms with Gasteiger partial charge in [-0.25, -0.2) is 0 Å². The van der Waals surface area contributed by atoms with Crippen LogP contribution in [0.2, 0.25) is 0 Å². The van der Waals surface area contributed by atoms with Gasteiger partial charge in [-0.1, -0.05) is 12.2 Å². The Bertz CT molecular complexity index is 505. The fraction of sp³-hybridized carbons (Fsp3) is 0.600. The number of likely N-dealkylation sites (N-methyl/N-ethyl adjacent to an activating group) is 1. The third-order valence-electron chi connectivity index (χ3n) is 4.47. The molecule has 1 aromatic heterocycles. The van der Waals surface area contributed by atoms with Crippen molar-refractivity contribution in [2.75, 3.05) is 13.6 Å². The van der Waals surface area contributed by atoms with Crippen LogP contribution in [-0.4, -0.2) is 34.2 Å². The Labute approximate surface area is 114 Å². The van der Waals surface area contributed by atoms with E-state index in [9.17, 15) is 4.79 Å². The van der Waals surface area contributed by atoms with Crippen LogP contribution in [0.3, 0.4) is 0 Å². The van der Waals surface area contributed by atoms with Crippen molar-refractivity contribution in [1.29, 1.82) is 0 Å². The first-order valence-electron chi connectivity index (χ1n) is 7.04. The molecule has 19 heavy (non-hydrogen) atoms. The van der Waals surface area contributed by atoms with E-state index in [2.05, 4.69) is 17.3 Å². The predicted octanol–water partition coefficient (Wildman–Crippen LogP) is 1.63. The largest absolute Gasteiger partial charge is 0.345 e. The summed E-state index contributed by atoms with van der Waals surface area (Å²) in [5, 5.41) is 4.15. The monoisotopic (exact) mass is 259 g/mol. The average molecular weight is 259 g/mol. The van der Waals surface area contributed by atoms with Crippen LogP contribution in [0.4, 0.5) is 0 Å². The van der Waals surface area contributed by atoms with Gasteiger partial charge in [-0.3, -0.25) is 9.48 Å². The van der Waals surface area contributed by atoms with E-state index in [1.54, 1.807) is 4.68 Å². The third-order valence-corrected chi connectivity index (χ3v) is 4.47. The standard InChI is InChI=1S/C15H21N3O/c1-17(6-5-12-9-16-18(2)10-12)15(19)14-8-11-3-4-13(14)7-11/h3-4,9-11,13-14H,5-8H2,1-2H3/t11-,13+,14-/m1/s1. The first-order valence-corrected chi connectivity index (χ1v) is 7.04. The normalized spacial score (nSPS) is 28.0. The highest BCUT2D eigenvalue weighted by atomic mass is 16.2. The number of carbonyl (C=O) groups excluding carboxylic acids is 1. The van der Waals surface area contributed by atoms with Crippen molar-refractivity contribution in [3.8, 4) is 0 Å². The van der Waals surface area contributed by atoms with E-state index in [1.807, 2.05) is 31.4 Å². The third kappa shape index (κ3) is 2.44. The molecular formula is C15H21N3O. The van der Waals surface area contributed by atoms with Gasteiger partial charge in [0.05, 0.1) is 6.20 Å². The molecule has 0 N–H and O–H groups in total. The molecule has 3 rings (SSSR count). The van der Waals surface area contributed by atoms with Gasteiger partial charge in [0, 0.05) is 32.8 Å². The minimum atomic E-state index is 0.230. The Morgan fingerprint density at radius 3 is 2.89 bits per heavy atom. The molecule has 102 valence electrons. The number of hydrogen-bond donors (Lipinski definition) is 0. The molecular weight excluding hydrogens is 238 g/mol. The zero-order valence-corrected chi connectivity index (χ0v) is 11.6. The molecule has 0 aromatic carbocycles. The van der Waals surface area contributed by atoms with Gasteiger partial charge in [0.15, 0.2) is 0 Å². The van der Waals surface area contributed by atoms with Crippen LogP contribution in [-0.2, 0) is 18.3 Å². The smallest absolute Gasteiger partial charge is 0.226 e. The van der Waals surface area contributed by atoms with Crippen LogP contribution in [0.15, 0.2) is 24.5 Å².